The lowest BCUT2D eigenvalue weighted by Crippen LogP contribution is -2.51. The van der Waals surface area contributed by atoms with Gasteiger partial charge in [-0.1, -0.05) is 18.2 Å². The molecule has 186 valence electrons. The average molecular weight is 496 g/mol. The van der Waals surface area contributed by atoms with E-state index in [0.29, 0.717) is 35.6 Å². The van der Waals surface area contributed by atoms with E-state index in [4.69, 9.17) is 5.26 Å². The molecule has 1 aromatic heterocycles. The maximum absolute atomic E-state index is 13.3. The van der Waals surface area contributed by atoms with Gasteiger partial charge in [0.25, 0.3) is 11.8 Å². The lowest BCUT2D eigenvalue weighted by Gasteiger charge is -2.29. The predicted molar refractivity (Wildman–Crippen MR) is 126 cm³/mol. The Balaban J connectivity index is 1.49. The van der Waals surface area contributed by atoms with E-state index in [0.717, 1.165) is 13.8 Å². The zero-order chi connectivity index (χ0) is 26.1. The van der Waals surface area contributed by atoms with Gasteiger partial charge >= 0.3 is 6.18 Å². The molecular formula is C25H23F3N6O2. The van der Waals surface area contributed by atoms with E-state index in [2.05, 4.69) is 15.7 Å². The van der Waals surface area contributed by atoms with Crippen molar-refractivity contribution in [3.63, 3.8) is 0 Å². The second-order valence-corrected chi connectivity index (χ2v) is 8.88. The first-order valence-electron chi connectivity index (χ1n) is 11.1. The number of nitrogens with zero attached hydrogens (tertiary/aromatic N) is 4. The van der Waals surface area contributed by atoms with E-state index >= 15 is 0 Å². The number of nitriles is 1. The largest absolute Gasteiger partial charge is 0.406 e. The van der Waals surface area contributed by atoms with Crippen molar-refractivity contribution >= 4 is 23.2 Å². The molecule has 2 amide bonds. The molecule has 2 N–H and O–H groups in total. The highest BCUT2D eigenvalue weighted by molar-refractivity contribution is 6.15. The third-order valence-corrected chi connectivity index (χ3v) is 6.01. The highest BCUT2D eigenvalue weighted by atomic mass is 19.4. The molecule has 0 spiro atoms. The van der Waals surface area contributed by atoms with E-state index in [1.54, 1.807) is 42.5 Å². The standard InChI is InChI=1S/C25H23F3N6O2/c1-24(2,25(26,27)28)30-14-16-6-8-19(9-7-16)33-10-11-34-21(23(33)36)20(15-31-34)22(35)32-18-5-3-4-17(12-18)13-29/h3-9,12,15,30H,10-11,14H2,1-2H3,(H,32,35). The van der Waals surface area contributed by atoms with Crippen LogP contribution in [0.4, 0.5) is 24.5 Å². The molecule has 1 aliphatic rings. The molecule has 4 rings (SSSR count). The SMILES string of the molecule is CC(C)(NCc1ccc(N2CCn3ncc(C(=O)Nc4cccc(C#N)c4)c3C2=O)cc1)C(F)(F)F. The van der Waals surface area contributed by atoms with Gasteiger partial charge in [-0.05, 0) is 49.7 Å². The molecule has 0 aliphatic carbocycles. The molecule has 36 heavy (non-hydrogen) atoms. The van der Waals surface area contributed by atoms with Gasteiger partial charge in [0, 0.05) is 24.5 Å². The van der Waals surface area contributed by atoms with Crippen LogP contribution in [0.25, 0.3) is 0 Å². The van der Waals surface area contributed by atoms with Gasteiger partial charge in [0.2, 0.25) is 0 Å². The Morgan fingerprint density at radius 3 is 2.53 bits per heavy atom. The normalized spacial score (nSPS) is 13.8. The fraction of sp³-hybridized carbons (Fsp3) is 0.280. The topological polar surface area (TPSA) is 103 Å². The molecule has 0 atom stereocenters. The quantitative estimate of drug-likeness (QED) is 0.535. The number of hydrogen-bond donors (Lipinski definition) is 2. The van der Waals surface area contributed by atoms with Crippen LogP contribution in [0, 0.1) is 11.3 Å². The molecule has 0 fully saturated rings. The molecule has 2 aromatic carbocycles. The van der Waals surface area contributed by atoms with Crippen LogP contribution in [0.15, 0.2) is 54.7 Å². The summed E-state index contributed by atoms with van der Waals surface area (Å²) in [5, 5.41) is 18.4. The number of rotatable bonds is 6. The van der Waals surface area contributed by atoms with Crippen LogP contribution >= 0.6 is 0 Å². The van der Waals surface area contributed by atoms with Gasteiger partial charge in [-0.2, -0.15) is 23.5 Å². The molecule has 0 saturated heterocycles. The number of carbonyl (C=O) groups excluding carboxylic acids is 2. The minimum Gasteiger partial charge on any atom is -0.322 e. The van der Waals surface area contributed by atoms with Gasteiger partial charge in [-0.15, -0.1) is 0 Å². The Hall–Kier alpha value is -4.17. The van der Waals surface area contributed by atoms with E-state index in [1.165, 1.54) is 21.8 Å². The van der Waals surface area contributed by atoms with Crippen LogP contribution in [0.1, 0.15) is 45.8 Å². The zero-order valence-electron chi connectivity index (χ0n) is 19.6. The molecule has 0 unspecified atom stereocenters. The van der Waals surface area contributed by atoms with Gasteiger partial charge in [0.05, 0.1) is 29.9 Å². The summed E-state index contributed by atoms with van der Waals surface area (Å²) < 4.78 is 40.7. The molecule has 8 nitrogen and oxygen atoms in total. The Morgan fingerprint density at radius 1 is 1.14 bits per heavy atom. The highest BCUT2D eigenvalue weighted by Gasteiger charge is 2.46. The Labute approximate surface area is 205 Å². The number of hydrogen-bond acceptors (Lipinski definition) is 5. The van der Waals surface area contributed by atoms with Crippen LogP contribution in [0.3, 0.4) is 0 Å². The van der Waals surface area contributed by atoms with Crippen molar-refractivity contribution in [1.82, 2.24) is 15.1 Å². The number of amides is 2. The van der Waals surface area contributed by atoms with Crippen LogP contribution in [-0.4, -0.2) is 39.9 Å². The van der Waals surface area contributed by atoms with E-state index in [-0.39, 0.29) is 17.8 Å². The molecule has 11 heteroatoms. The van der Waals surface area contributed by atoms with Crippen LogP contribution < -0.4 is 15.5 Å². The Morgan fingerprint density at radius 2 is 1.86 bits per heavy atom. The molecule has 2 heterocycles. The molecule has 3 aromatic rings. The van der Waals surface area contributed by atoms with Crippen molar-refractivity contribution in [3.8, 4) is 6.07 Å². The number of aromatic nitrogens is 2. The molecule has 0 saturated carbocycles. The molecular weight excluding hydrogens is 473 g/mol. The van der Waals surface area contributed by atoms with Gasteiger partial charge in [0.15, 0.2) is 0 Å². The van der Waals surface area contributed by atoms with Crippen LogP contribution in [-0.2, 0) is 13.1 Å². The molecule has 0 bridgehead atoms. The highest BCUT2D eigenvalue weighted by Crippen LogP contribution is 2.30. The van der Waals surface area contributed by atoms with Crippen molar-refractivity contribution in [1.29, 1.82) is 5.26 Å². The van der Waals surface area contributed by atoms with E-state index in [1.807, 2.05) is 6.07 Å². The van der Waals surface area contributed by atoms with Crippen molar-refractivity contribution in [2.24, 2.45) is 0 Å². The zero-order valence-corrected chi connectivity index (χ0v) is 19.6. The maximum atomic E-state index is 13.3. The third-order valence-electron chi connectivity index (χ3n) is 6.01. The number of halogens is 3. The van der Waals surface area contributed by atoms with Gasteiger partial charge in [0.1, 0.15) is 11.2 Å². The summed E-state index contributed by atoms with van der Waals surface area (Å²) in [7, 11) is 0. The van der Waals surface area contributed by atoms with Crippen molar-refractivity contribution in [2.75, 3.05) is 16.8 Å². The smallest absolute Gasteiger partial charge is 0.322 e. The van der Waals surface area contributed by atoms with Crippen molar-refractivity contribution < 1.29 is 22.8 Å². The summed E-state index contributed by atoms with van der Waals surface area (Å²) >= 11 is 0. The fourth-order valence-electron chi connectivity index (χ4n) is 3.70. The van der Waals surface area contributed by atoms with Crippen LogP contribution in [0.5, 0.6) is 0 Å². The van der Waals surface area contributed by atoms with Gasteiger partial charge in [-0.25, -0.2) is 0 Å². The van der Waals surface area contributed by atoms with Crippen LogP contribution in [0.2, 0.25) is 0 Å². The van der Waals surface area contributed by atoms with Crippen molar-refractivity contribution in [2.45, 2.75) is 38.7 Å². The molecule has 1 aliphatic heterocycles. The third kappa shape index (κ3) is 4.94. The first-order valence-corrected chi connectivity index (χ1v) is 11.1. The summed E-state index contributed by atoms with van der Waals surface area (Å²) in [6.07, 6.45) is -3.06. The number of alkyl halides is 3. The van der Waals surface area contributed by atoms with Gasteiger partial charge in [-0.3, -0.25) is 19.6 Å². The second-order valence-electron chi connectivity index (χ2n) is 8.88. The second kappa shape index (κ2) is 9.47. The fourth-order valence-corrected chi connectivity index (χ4v) is 3.70. The minimum absolute atomic E-state index is 0.00479. The minimum atomic E-state index is -4.39. The Kier molecular flexibility index (Phi) is 6.56. The van der Waals surface area contributed by atoms with Crippen molar-refractivity contribution in [3.05, 3.63) is 77.1 Å². The van der Waals surface area contributed by atoms with E-state index in [9.17, 15) is 22.8 Å². The number of carbonyl (C=O) groups is 2. The Bertz CT molecular complexity index is 1340. The lowest BCUT2D eigenvalue weighted by molar-refractivity contribution is -0.186. The number of anilines is 2. The monoisotopic (exact) mass is 496 g/mol. The first kappa shape index (κ1) is 24.9. The average Bonchev–Trinajstić information content (AvgIpc) is 3.28. The lowest BCUT2D eigenvalue weighted by atomic mass is 10.0. The summed E-state index contributed by atoms with van der Waals surface area (Å²) in [4.78, 5) is 27.7. The summed E-state index contributed by atoms with van der Waals surface area (Å²) in [5.74, 6) is -0.950. The maximum Gasteiger partial charge on any atom is 0.406 e. The summed E-state index contributed by atoms with van der Waals surface area (Å²) in [6, 6.07) is 15.0. The van der Waals surface area contributed by atoms with E-state index < -0.39 is 23.5 Å². The van der Waals surface area contributed by atoms with Gasteiger partial charge < -0.3 is 10.2 Å². The number of fused-ring (bicyclic) bond motifs is 1. The number of benzene rings is 2. The summed E-state index contributed by atoms with van der Waals surface area (Å²) in [5.41, 5.74) is 0.171. The number of nitrogens with one attached hydrogen (secondary N) is 2. The predicted octanol–water partition coefficient (Wildman–Crippen LogP) is 4.10. The summed E-state index contributed by atoms with van der Waals surface area (Å²) in [6.45, 7) is 2.83. The molecule has 0 radical (unpaired) electrons. The first-order chi connectivity index (χ1) is 17.0.